The quantitative estimate of drug-likeness (QED) is 0.852. The minimum atomic E-state index is -0.245. The highest BCUT2D eigenvalue weighted by atomic mass is 19.1. The molecule has 0 saturated carbocycles. The lowest BCUT2D eigenvalue weighted by molar-refractivity contribution is 0.628. The number of nitrogen functional groups attached to an aromatic ring is 1. The second-order valence-corrected chi connectivity index (χ2v) is 4.07. The van der Waals surface area contributed by atoms with E-state index < -0.39 is 0 Å². The number of nitrogens with two attached hydrogens (primary N) is 1. The standard InChI is InChI=1S/C13H16FN3/c1-2-3-4-11-12(13(15)17-16-11)9-5-7-10(14)8-6-9/h5-8H,2-4H2,1H3,(H3,15,16,17). The van der Waals surface area contributed by atoms with E-state index in [-0.39, 0.29) is 5.82 Å². The highest BCUT2D eigenvalue weighted by Gasteiger charge is 2.12. The van der Waals surface area contributed by atoms with Crippen molar-refractivity contribution in [2.75, 3.05) is 5.73 Å². The van der Waals surface area contributed by atoms with Crippen LogP contribution in [0.4, 0.5) is 10.2 Å². The molecule has 2 aromatic rings. The molecule has 1 aromatic carbocycles. The molecule has 1 aromatic heterocycles. The van der Waals surface area contributed by atoms with Crippen LogP contribution in [0.3, 0.4) is 0 Å². The smallest absolute Gasteiger partial charge is 0.153 e. The summed E-state index contributed by atoms with van der Waals surface area (Å²) in [6.45, 7) is 2.14. The summed E-state index contributed by atoms with van der Waals surface area (Å²) < 4.78 is 12.9. The highest BCUT2D eigenvalue weighted by Crippen LogP contribution is 2.28. The molecule has 0 atom stereocenters. The van der Waals surface area contributed by atoms with Crippen LogP contribution in [-0.2, 0) is 6.42 Å². The zero-order chi connectivity index (χ0) is 12.3. The van der Waals surface area contributed by atoms with E-state index in [4.69, 9.17) is 5.73 Å². The van der Waals surface area contributed by atoms with Crippen molar-refractivity contribution in [3.8, 4) is 11.1 Å². The molecule has 90 valence electrons. The van der Waals surface area contributed by atoms with Gasteiger partial charge in [-0.15, -0.1) is 0 Å². The van der Waals surface area contributed by atoms with Crippen molar-refractivity contribution < 1.29 is 4.39 Å². The first kappa shape index (κ1) is 11.6. The van der Waals surface area contributed by atoms with Gasteiger partial charge in [-0.3, -0.25) is 5.10 Å². The average molecular weight is 233 g/mol. The van der Waals surface area contributed by atoms with Crippen LogP contribution < -0.4 is 5.73 Å². The number of hydrogen-bond donors (Lipinski definition) is 2. The molecule has 3 N–H and O–H groups in total. The van der Waals surface area contributed by atoms with Gasteiger partial charge in [0.25, 0.3) is 0 Å². The SMILES string of the molecule is CCCCc1[nH]nc(N)c1-c1ccc(F)cc1. The number of nitrogens with one attached hydrogen (secondary N) is 1. The Labute approximate surface area is 99.9 Å². The summed E-state index contributed by atoms with van der Waals surface area (Å²) in [5, 5.41) is 6.98. The van der Waals surface area contributed by atoms with Gasteiger partial charge in [-0.1, -0.05) is 25.5 Å². The molecular formula is C13H16FN3. The molecule has 0 aliphatic rings. The number of aromatic nitrogens is 2. The van der Waals surface area contributed by atoms with Crippen LogP contribution in [0.1, 0.15) is 25.5 Å². The van der Waals surface area contributed by atoms with Crippen LogP contribution in [0.2, 0.25) is 0 Å². The Balaban J connectivity index is 2.36. The number of hydrogen-bond acceptors (Lipinski definition) is 2. The van der Waals surface area contributed by atoms with Gasteiger partial charge in [0.15, 0.2) is 5.82 Å². The fourth-order valence-electron chi connectivity index (χ4n) is 1.87. The van der Waals surface area contributed by atoms with E-state index in [9.17, 15) is 4.39 Å². The highest BCUT2D eigenvalue weighted by molar-refractivity contribution is 5.76. The van der Waals surface area contributed by atoms with E-state index in [1.807, 2.05) is 0 Å². The van der Waals surface area contributed by atoms with Crippen molar-refractivity contribution >= 4 is 5.82 Å². The van der Waals surface area contributed by atoms with E-state index >= 15 is 0 Å². The number of rotatable bonds is 4. The van der Waals surface area contributed by atoms with Gasteiger partial charge in [-0.25, -0.2) is 4.39 Å². The molecule has 0 spiro atoms. The Morgan fingerprint density at radius 2 is 2.00 bits per heavy atom. The van der Waals surface area contributed by atoms with E-state index in [0.717, 1.165) is 36.1 Å². The van der Waals surface area contributed by atoms with Crippen molar-refractivity contribution in [3.63, 3.8) is 0 Å². The summed E-state index contributed by atoms with van der Waals surface area (Å²) in [6.07, 6.45) is 3.10. The van der Waals surface area contributed by atoms with Crippen LogP contribution in [0.5, 0.6) is 0 Å². The van der Waals surface area contributed by atoms with Gasteiger partial charge in [0.05, 0.1) is 0 Å². The molecule has 0 radical (unpaired) electrons. The van der Waals surface area contributed by atoms with Crippen LogP contribution in [0.15, 0.2) is 24.3 Å². The van der Waals surface area contributed by atoms with Crippen LogP contribution >= 0.6 is 0 Å². The Morgan fingerprint density at radius 1 is 1.29 bits per heavy atom. The number of aryl methyl sites for hydroxylation is 1. The maximum atomic E-state index is 12.9. The van der Waals surface area contributed by atoms with Crippen LogP contribution in [0.25, 0.3) is 11.1 Å². The van der Waals surface area contributed by atoms with Gasteiger partial charge in [0.1, 0.15) is 5.82 Å². The van der Waals surface area contributed by atoms with Gasteiger partial charge in [0.2, 0.25) is 0 Å². The van der Waals surface area contributed by atoms with Gasteiger partial charge in [0, 0.05) is 11.3 Å². The molecule has 0 amide bonds. The lowest BCUT2D eigenvalue weighted by Gasteiger charge is -2.03. The van der Waals surface area contributed by atoms with Crippen molar-refractivity contribution in [2.45, 2.75) is 26.2 Å². The normalized spacial score (nSPS) is 10.7. The maximum absolute atomic E-state index is 12.9. The topological polar surface area (TPSA) is 54.7 Å². The van der Waals surface area contributed by atoms with Crippen LogP contribution in [0, 0.1) is 5.82 Å². The maximum Gasteiger partial charge on any atom is 0.153 e. The summed E-state index contributed by atoms with van der Waals surface area (Å²) in [4.78, 5) is 0. The molecule has 2 rings (SSSR count). The fraction of sp³-hybridized carbons (Fsp3) is 0.308. The van der Waals surface area contributed by atoms with Crippen molar-refractivity contribution in [3.05, 3.63) is 35.8 Å². The van der Waals surface area contributed by atoms with Gasteiger partial charge >= 0.3 is 0 Å². The summed E-state index contributed by atoms with van der Waals surface area (Å²) in [5.41, 5.74) is 8.68. The molecule has 4 heteroatoms. The predicted molar refractivity (Wildman–Crippen MR) is 67.0 cm³/mol. The number of benzene rings is 1. The van der Waals surface area contributed by atoms with E-state index in [1.54, 1.807) is 12.1 Å². The minimum Gasteiger partial charge on any atom is -0.382 e. The molecule has 0 unspecified atom stereocenters. The third-order valence-corrected chi connectivity index (χ3v) is 2.78. The Bertz CT molecular complexity index is 488. The third-order valence-electron chi connectivity index (χ3n) is 2.78. The molecule has 0 fully saturated rings. The lowest BCUT2D eigenvalue weighted by atomic mass is 10.0. The molecular weight excluding hydrogens is 217 g/mol. The molecule has 1 heterocycles. The monoisotopic (exact) mass is 233 g/mol. The first-order valence-corrected chi connectivity index (χ1v) is 5.81. The van der Waals surface area contributed by atoms with Crippen molar-refractivity contribution in [1.82, 2.24) is 10.2 Å². The summed E-state index contributed by atoms with van der Waals surface area (Å²) in [5.74, 6) is 0.230. The lowest BCUT2D eigenvalue weighted by Crippen LogP contribution is -1.91. The molecule has 0 aliphatic carbocycles. The number of nitrogens with zero attached hydrogens (tertiary/aromatic N) is 1. The second kappa shape index (κ2) is 4.99. The Kier molecular flexibility index (Phi) is 3.42. The minimum absolute atomic E-state index is 0.245. The largest absolute Gasteiger partial charge is 0.382 e. The number of anilines is 1. The Morgan fingerprint density at radius 3 is 2.65 bits per heavy atom. The molecule has 17 heavy (non-hydrogen) atoms. The predicted octanol–water partition coefficient (Wildman–Crippen LogP) is 3.14. The molecule has 3 nitrogen and oxygen atoms in total. The number of H-pyrrole nitrogens is 1. The van der Waals surface area contributed by atoms with Gasteiger partial charge < -0.3 is 5.73 Å². The van der Waals surface area contributed by atoms with Crippen LogP contribution in [-0.4, -0.2) is 10.2 Å². The second-order valence-electron chi connectivity index (χ2n) is 4.07. The van der Waals surface area contributed by atoms with Gasteiger partial charge in [-0.2, -0.15) is 5.10 Å². The van der Waals surface area contributed by atoms with Gasteiger partial charge in [-0.05, 0) is 30.5 Å². The van der Waals surface area contributed by atoms with Crippen molar-refractivity contribution in [2.24, 2.45) is 0 Å². The fourth-order valence-corrected chi connectivity index (χ4v) is 1.87. The average Bonchev–Trinajstić information content (AvgIpc) is 2.69. The van der Waals surface area contributed by atoms with E-state index in [0.29, 0.717) is 5.82 Å². The first-order valence-electron chi connectivity index (χ1n) is 5.81. The molecule has 0 saturated heterocycles. The zero-order valence-electron chi connectivity index (χ0n) is 9.83. The van der Waals surface area contributed by atoms with Crippen molar-refractivity contribution in [1.29, 1.82) is 0 Å². The zero-order valence-corrected chi connectivity index (χ0v) is 9.83. The summed E-state index contributed by atoms with van der Waals surface area (Å²) in [7, 11) is 0. The number of aromatic amines is 1. The molecule has 0 bridgehead atoms. The summed E-state index contributed by atoms with van der Waals surface area (Å²) >= 11 is 0. The Hall–Kier alpha value is -1.84. The number of unbranched alkanes of at least 4 members (excludes halogenated alkanes) is 1. The number of halogens is 1. The third kappa shape index (κ3) is 2.46. The van der Waals surface area contributed by atoms with E-state index in [1.165, 1.54) is 12.1 Å². The summed E-state index contributed by atoms with van der Waals surface area (Å²) in [6, 6.07) is 6.33. The van der Waals surface area contributed by atoms with E-state index in [2.05, 4.69) is 17.1 Å². The molecule has 0 aliphatic heterocycles. The first-order chi connectivity index (χ1) is 8.22.